The number of hydrogen-bond donors (Lipinski definition) is 1. The predicted octanol–water partition coefficient (Wildman–Crippen LogP) is 3.15. The van der Waals surface area contributed by atoms with Gasteiger partial charge in [-0.1, -0.05) is 31.2 Å². The molecule has 2 aliphatic heterocycles. The van der Waals surface area contributed by atoms with E-state index in [4.69, 9.17) is 4.74 Å². The fourth-order valence-electron chi connectivity index (χ4n) is 4.44. The summed E-state index contributed by atoms with van der Waals surface area (Å²) < 4.78 is 5.64. The molecule has 2 aliphatic rings. The number of ether oxygens (including phenoxy) is 1. The average Bonchev–Trinajstić information content (AvgIpc) is 3.24. The van der Waals surface area contributed by atoms with Crippen LogP contribution < -0.4 is 15.0 Å². The molecule has 1 fully saturated rings. The Morgan fingerprint density at radius 1 is 1.06 bits per heavy atom. The number of amides is 2. The van der Waals surface area contributed by atoms with Gasteiger partial charge in [0.2, 0.25) is 5.91 Å². The lowest BCUT2D eigenvalue weighted by Crippen LogP contribution is -2.46. The van der Waals surface area contributed by atoms with Gasteiger partial charge in [-0.2, -0.15) is 0 Å². The van der Waals surface area contributed by atoms with E-state index in [2.05, 4.69) is 41.4 Å². The highest BCUT2D eigenvalue weighted by molar-refractivity contribution is 5.95. The summed E-state index contributed by atoms with van der Waals surface area (Å²) in [5.74, 6) is 0.676. The highest BCUT2D eigenvalue weighted by Gasteiger charge is 2.23. The lowest BCUT2D eigenvalue weighted by molar-refractivity contribution is -0.123. The molecular formula is C25H31N3O3. The number of carbonyl (C=O) groups excluding carboxylic acids is 2. The SMILES string of the molecule is CCC(CNC(=O)COc1ccc(N2CCCC2=O)cc1)N1CCc2ccccc2C1. The van der Waals surface area contributed by atoms with Crippen molar-refractivity contribution in [3.05, 3.63) is 59.7 Å². The molecule has 1 saturated heterocycles. The third-order valence-corrected chi connectivity index (χ3v) is 6.27. The highest BCUT2D eigenvalue weighted by atomic mass is 16.5. The number of fused-ring (bicyclic) bond motifs is 1. The summed E-state index contributed by atoms with van der Waals surface area (Å²) in [6, 6.07) is 16.3. The van der Waals surface area contributed by atoms with Gasteiger partial charge >= 0.3 is 0 Å². The van der Waals surface area contributed by atoms with Crippen molar-refractivity contribution in [3.63, 3.8) is 0 Å². The zero-order valence-electron chi connectivity index (χ0n) is 18.2. The number of anilines is 1. The molecule has 2 amide bonds. The summed E-state index contributed by atoms with van der Waals surface area (Å²) in [4.78, 5) is 28.4. The first-order valence-corrected chi connectivity index (χ1v) is 11.2. The van der Waals surface area contributed by atoms with Gasteiger partial charge in [0, 0.05) is 44.3 Å². The standard InChI is InChI=1S/C25H31N3O3/c1-2-21(27-15-13-19-6-3-4-7-20(19)17-27)16-26-24(29)18-31-23-11-9-22(10-12-23)28-14-5-8-25(28)30/h3-4,6-7,9-12,21H,2,5,8,13-18H2,1H3,(H,26,29). The van der Waals surface area contributed by atoms with E-state index in [1.807, 2.05) is 24.3 Å². The van der Waals surface area contributed by atoms with Crippen molar-refractivity contribution in [1.29, 1.82) is 0 Å². The quantitative estimate of drug-likeness (QED) is 0.711. The Hall–Kier alpha value is -2.86. The molecule has 1 unspecified atom stereocenters. The molecule has 6 nitrogen and oxygen atoms in total. The molecule has 4 rings (SSSR count). The number of carbonyl (C=O) groups is 2. The maximum absolute atomic E-state index is 12.3. The summed E-state index contributed by atoms with van der Waals surface area (Å²) in [6.07, 6.45) is 3.56. The van der Waals surface area contributed by atoms with Crippen LogP contribution in [-0.2, 0) is 22.6 Å². The van der Waals surface area contributed by atoms with Crippen LogP contribution in [0.15, 0.2) is 48.5 Å². The van der Waals surface area contributed by atoms with Gasteiger partial charge in [0.1, 0.15) is 5.75 Å². The number of rotatable bonds is 8. The van der Waals surface area contributed by atoms with Gasteiger partial charge in [-0.3, -0.25) is 14.5 Å². The molecule has 0 aromatic heterocycles. The normalized spacial score (nSPS) is 17.3. The maximum Gasteiger partial charge on any atom is 0.257 e. The van der Waals surface area contributed by atoms with Crippen LogP contribution >= 0.6 is 0 Å². The van der Waals surface area contributed by atoms with E-state index < -0.39 is 0 Å². The Bertz CT molecular complexity index is 912. The summed E-state index contributed by atoms with van der Waals surface area (Å²) in [5.41, 5.74) is 3.71. The van der Waals surface area contributed by atoms with E-state index in [0.717, 1.165) is 44.6 Å². The molecular weight excluding hydrogens is 390 g/mol. The van der Waals surface area contributed by atoms with Gasteiger partial charge in [-0.15, -0.1) is 0 Å². The lowest BCUT2D eigenvalue weighted by atomic mass is 9.98. The Morgan fingerprint density at radius 3 is 2.55 bits per heavy atom. The Balaban J connectivity index is 1.23. The minimum Gasteiger partial charge on any atom is -0.484 e. The van der Waals surface area contributed by atoms with Gasteiger partial charge in [0.25, 0.3) is 5.91 Å². The van der Waals surface area contributed by atoms with Crippen LogP contribution in [-0.4, -0.2) is 49.0 Å². The van der Waals surface area contributed by atoms with Crippen LogP contribution in [0.5, 0.6) is 5.75 Å². The smallest absolute Gasteiger partial charge is 0.257 e. The maximum atomic E-state index is 12.3. The topological polar surface area (TPSA) is 61.9 Å². The zero-order chi connectivity index (χ0) is 21.6. The first-order valence-electron chi connectivity index (χ1n) is 11.2. The third-order valence-electron chi connectivity index (χ3n) is 6.27. The van der Waals surface area contributed by atoms with Crippen LogP contribution in [0.1, 0.15) is 37.3 Å². The monoisotopic (exact) mass is 421 g/mol. The van der Waals surface area contributed by atoms with Gasteiger partial charge in [-0.05, 0) is 54.7 Å². The van der Waals surface area contributed by atoms with Crippen molar-refractivity contribution in [3.8, 4) is 5.75 Å². The van der Waals surface area contributed by atoms with E-state index in [1.54, 1.807) is 4.90 Å². The summed E-state index contributed by atoms with van der Waals surface area (Å²) >= 11 is 0. The van der Waals surface area contributed by atoms with E-state index in [-0.39, 0.29) is 18.4 Å². The Labute approximate surface area is 184 Å². The Kier molecular flexibility index (Phi) is 6.87. The van der Waals surface area contributed by atoms with Gasteiger partial charge in [0.15, 0.2) is 6.61 Å². The van der Waals surface area contributed by atoms with Crippen LogP contribution in [0, 0.1) is 0 Å². The predicted molar refractivity (Wildman–Crippen MR) is 121 cm³/mol. The molecule has 0 spiro atoms. The van der Waals surface area contributed by atoms with Crippen molar-refractivity contribution in [2.45, 2.75) is 45.2 Å². The summed E-state index contributed by atoms with van der Waals surface area (Å²) in [5, 5.41) is 3.03. The van der Waals surface area contributed by atoms with E-state index in [0.29, 0.717) is 24.8 Å². The Morgan fingerprint density at radius 2 is 1.84 bits per heavy atom. The number of nitrogens with zero attached hydrogens (tertiary/aromatic N) is 2. The van der Waals surface area contributed by atoms with Crippen LogP contribution in [0.25, 0.3) is 0 Å². The molecule has 0 bridgehead atoms. The second-order valence-corrected chi connectivity index (χ2v) is 8.29. The molecule has 164 valence electrons. The fourth-order valence-corrected chi connectivity index (χ4v) is 4.44. The van der Waals surface area contributed by atoms with Crippen LogP contribution in [0.3, 0.4) is 0 Å². The minimum atomic E-state index is -0.116. The molecule has 2 heterocycles. The molecule has 0 saturated carbocycles. The molecule has 2 aromatic rings. The molecule has 0 radical (unpaired) electrons. The first kappa shape index (κ1) is 21.4. The van der Waals surface area contributed by atoms with Crippen molar-refractivity contribution in [2.75, 3.05) is 31.1 Å². The minimum absolute atomic E-state index is 0.0126. The molecule has 0 aliphatic carbocycles. The summed E-state index contributed by atoms with van der Waals surface area (Å²) in [6.45, 7) is 5.50. The largest absolute Gasteiger partial charge is 0.484 e. The molecule has 6 heteroatoms. The highest BCUT2D eigenvalue weighted by Crippen LogP contribution is 2.24. The van der Waals surface area contributed by atoms with Crippen molar-refractivity contribution >= 4 is 17.5 Å². The first-order chi connectivity index (χ1) is 15.1. The third kappa shape index (κ3) is 5.25. The second-order valence-electron chi connectivity index (χ2n) is 8.29. The molecule has 2 aromatic carbocycles. The van der Waals surface area contributed by atoms with Crippen molar-refractivity contribution in [1.82, 2.24) is 10.2 Å². The number of benzene rings is 2. The van der Waals surface area contributed by atoms with Crippen LogP contribution in [0.2, 0.25) is 0 Å². The van der Waals surface area contributed by atoms with Gasteiger partial charge in [0.05, 0.1) is 0 Å². The van der Waals surface area contributed by atoms with E-state index in [9.17, 15) is 9.59 Å². The second kappa shape index (κ2) is 9.96. The van der Waals surface area contributed by atoms with Crippen molar-refractivity contribution < 1.29 is 14.3 Å². The van der Waals surface area contributed by atoms with E-state index in [1.165, 1.54) is 11.1 Å². The van der Waals surface area contributed by atoms with Crippen LogP contribution in [0.4, 0.5) is 5.69 Å². The molecule has 1 atom stereocenters. The molecule has 1 N–H and O–H groups in total. The number of hydrogen-bond acceptors (Lipinski definition) is 4. The summed E-state index contributed by atoms with van der Waals surface area (Å²) in [7, 11) is 0. The van der Waals surface area contributed by atoms with Crippen molar-refractivity contribution in [2.24, 2.45) is 0 Å². The number of nitrogens with one attached hydrogen (secondary N) is 1. The zero-order valence-corrected chi connectivity index (χ0v) is 18.2. The molecule has 31 heavy (non-hydrogen) atoms. The fraction of sp³-hybridized carbons (Fsp3) is 0.440. The average molecular weight is 422 g/mol. The van der Waals surface area contributed by atoms with Gasteiger partial charge in [-0.25, -0.2) is 0 Å². The van der Waals surface area contributed by atoms with Gasteiger partial charge < -0.3 is 15.0 Å². The van der Waals surface area contributed by atoms with E-state index >= 15 is 0 Å². The lowest BCUT2D eigenvalue weighted by Gasteiger charge is -2.35.